The summed E-state index contributed by atoms with van der Waals surface area (Å²) >= 11 is 0. The lowest BCUT2D eigenvalue weighted by atomic mass is 9.95. The number of fused-ring (bicyclic) bond motifs is 10. The van der Waals surface area contributed by atoms with Crippen LogP contribution in [0, 0.1) is 0 Å². The van der Waals surface area contributed by atoms with Gasteiger partial charge in [0.1, 0.15) is 22.3 Å². The van der Waals surface area contributed by atoms with Crippen LogP contribution in [0.5, 0.6) is 0 Å². The van der Waals surface area contributed by atoms with E-state index in [0.29, 0.717) is 17.5 Å². The van der Waals surface area contributed by atoms with Crippen LogP contribution in [-0.4, -0.2) is 19.9 Å². The van der Waals surface area contributed by atoms with Gasteiger partial charge in [0.2, 0.25) is 0 Å². The van der Waals surface area contributed by atoms with Crippen molar-refractivity contribution in [2.24, 2.45) is 0 Å². The van der Waals surface area contributed by atoms with Gasteiger partial charge in [-0.2, -0.15) is 0 Å². The van der Waals surface area contributed by atoms with Crippen molar-refractivity contribution in [2.75, 3.05) is 0 Å². The zero-order valence-electron chi connectivity index (χ0n) is 30.9. The van der Waals surface area contributed by atoms with E-state index in [1.165, 1.54) is 0 Å². The normalized spacial score (nSPS) is 11.8. The Labute approximate surface area is 331 Å². The average molecular weight is 743 g/mol. The molecule has 4 heterocycles. The van der Waals surface area contributed by atoms with Gasteiger partial charge in [-0.3, -0.25) is 0 Å². The van der Waals surface area contributed by atoms with E-state index in [4.69, 9.17) is 28.8 Å². The molecule has 0 radical (unpaired) electrons. The van der Waals surface area contributed by atoms with Crippen molar-refractivity contribution in [2.45, 2.75) is 0 Å². The molecule has 58 heavy (non-hydrogen) atoms. The maximum atomic E-state index is 6.77. The molecule has 8 aromatic carbocycles. The van der Waals surface area contributed by atoms with Crippen molar-refractivity contribution in [3.63, 3.8) is 0 Å². The number of pyridine rings is 1. The minimum Gasteiger partial charge on any atom is -0.456 e. The third-order valence-electron chi connectivity index (χ3n) is 11.1. The van der Waals surface area contributed by atoms with Crippen LogP contribution in [-0.2, 0) is 0 Å². The van der Waals surface area contributed by atoms with Gasteiger partial charge in [0, 0.05) is 65.5 Å². The number of benzene rings is 8. The fraction of sp³-hybridized carbons (Fsp3) is 0. The van der Waals surface area contributed by atoms with E-state index in [-0.39, 0.29) is 0 Å². The second-order valence-electron chi connectivity index (χ2n) is 14.5. The molecule has 4 aromatic heterocycles. The number of hydrogen-bond acceptors (Lipinski definition) is 6. The number of nitrogens with zero attached hydrogens (tertiary/aromatic N) is 4. The quantitative estimate of drug-likeness (QED) is 0.163. The summed E-state index contributed by atoms with van der Waals surface area (Å²) in [4.78, 5) is 20.2. The second kappa shape index (κ2) is 12.8. The summed E-state index contributed by atoms with van der Waals surface area (Å²) in [6.45, 7) is 0. The van der Waals surface area contributed by atoms with Crippen molar-refractivity contribution in [1.82, 2.24) is 19.9 Å². The van der Waals surface area contributed by atoms with Crippen LogP contribution in [0.1, 0.15) is 0 Å². The first-order chi connectivity index (χ1) is 28.7. The molecule has 12 rings (SSSR count). The summed E-state index contributed by atoms with van der Waals surface area (Å²) in [7, 11) is 0. The van der Waals surface area contributed by atoms with E-state index in [2.05, 4.69) is 115 Å². The van der Waals surface area contributed by atoms with Gasteiger partial charge < -0.3 is 8.83 Å². The zero-order valence-corrected chi connectivity index (χ0v) is 30.9. The summed E-state index contributed by atoms with van der Waals surface area (Å²) in [5.74, 6) is 1.77. The number of furan rings is 2. The van der Waals surface area contributed by atoms with Crippen LogP contribution in [0.4, 0.5) is 0 Å². The molecular weight excluding hydrogens is 713 g/mol. The van der Waals surface area contributed by atoms with Crippen LogP contribution in [0.2, 0.25) is 0 Å². The molecular formula is C52H30N4O2. The van der Waals surface area contributed by atoms with Crippen LogP contribution in [0.15, 0.2) is 191 Å². The van der Waals surface area contributed by atoms with Crippen molar-refractivity contribution in [3.8, 4) is 56.5 Å². The zero-order chi connectivity index (χ0) is 38.2. The van der Waals surface area contributed by atoms with Crippen molar-refractivity contribution >= 4 is 65.6 Å². The van der Waals surface area contributed by atoms with E-state index in [1.54, 1.807) is 0 Å². The molecule has 0 amide bonds. The van der Waals surface area contributed by atoms with Gasteiger partial charge in [-0.1, -0.05) is 146 Å². The van der Waals surface area contributed by atoms with Crippen molar-refractivity contribution in [1.29, 1.82) is 0 Å². The predicted octanol–water partition coefficient (Wildman–Crippen LogP) is 13.7. The first kappa shape index (κ1) is 32.3. The van der Waals surface area contributed by atoms with Gasteiger partial charge in [0.25, 0.3) is 0 Å². The minimum absolute atomic E-state index is 0.577. The van der Waals surface area contributed by atoms with Gasteiger partial charge in [0.15, 0.2) is 17.5 Å². The number of hydrogen-bond donors (Lipinski definition) is 0. The second-order valence-corrected chi connectivity index (χ2v) is 14.5. The number of para-hydroxylation sites is 3. The van der Waals surface area contributed by atoms with E-state index >= 15 is 0 Å². The van der Waals surface area contributed by atoms with Crippen LogP contribution in [0.3, 0.4) is 0 Å². The summed E-state index contributed by atoms with van der Waals surface area (Å²) in [6, 6.07) is 62.1. The van der Waals surface area contributed by atoms with E-state index in [1.807, 2.05) is 66.7 Å². The molecule has 0 unspecified atom stereocenters. The van der Waals surface area contributed by atoms with Gasteiger partial charge in [-0.25, -0.2) is 19.9 Å². The van der Waals surface area contributed by atoms with Crippen LogP contribution >= 0.6 is 0 Å². The summed E-state index contributed by atoms with van der Waals surface area (Å²) in [6.07, 6.45) is 0. The molecule has 0 atom stereocenters. The molecule has 0 fully saturated rings. The predicted molar refractivity (Wildman–Crippen MR) is 234 cm³/mol. The third kappa shape index (κ3) is 5.12. The molecule has 0 spiro atoms. The molecule has 0 aliphatic rings. The maximum Gasteiger partial charge on any atom is 0.164 e. The molecule has 12 aromatic rings. The Balaban J connectivity index is 0.988. The van der Waals surface area contributed by atoms with Gasteiger partial charge >= 0.3 is 0 Å². The lowest BCUT2D eigenvalue weighted by Crippen LogP contribution is -2.00. The smallest absolute Gasteiger partial charge is 0.164 e. The Morgan fingerprint density at radius 3 is 1.69 bits per heavy atom. The molecule has 0 N–H and O–H groups in total. The highest BCUT2D eigenvalue weighted by Gasteiger charge is 2.20. The van der Waals surface area contributed by atoms with E-state index in [9.17, 15) is 0 Å². The summed E-state index contributed by atoms with van der Waals surface area (Å²) in [5.41, 5.74) is 11.0. The van der Waals surface area contributed by atoms with Crippen LogP contribution < -0.4 is 0 Å². The van der Waals surface area contributed by atoms with Crippen LogP contribution in [0.25, 0.3) is 122 Å². The fourth-order valence-electron chi connectivity index (χ4n) is 8.39. The largest absolute Gasteiger partial charge is 0.456 e. The minimum atomic E-state index is 0.577. The summed E-state index contributed by atoms with van der Waals surface area (Å²) in [5, 5.41) is 7.64. The molecule has 0 aliphatic heterocycles. The number of rotatable bonds is 5. The monoisotopic (exact) mass is 742 g/mol. The van der Waals surface area contributed by atoms with E-state index in [0.717, 1.165) is 105 Å². The van der Waals surface area contributed by atoms with E-state index < -0.39 is 0 Å². The lowest BCUT2D eigenvalue weighted by molar-refractivity contribution is 0.669. The molecule has 6 heteroatoms. The molecule has 0 bridgehead atoms. The standard InChI is InChI=1S/C52H30N4O2/c1-3-12-32(13-4-1)48-40-28-29-44-47(46(40)39-17-7-9-20-42(39)53-48)41-19-11-18-36(49(41)58-44)31-22-24-34(25-23-31)51-54-50(33-14-5-2-6-15-33)55-52(56-51)35-26-27-38-37-16-8-10-21-43(37)57-45(38)30-35/h1-30H. The topological polar surface area (TPSA) is 77.8 Å². The molecule has 0 saturated heterocycles. The highest BCUT2D eigenvalue weighted by atomic mass is 16.3. The Morgan fingerprint density at radius 1 is 0.310 bits per heavy atom. The first-order valence-electron chi connectivity index (χ1n) is 19.3. The Morgan fingerprint density at radius 2 is 0.897 bits per heavy atom. The van der Waals surface area contributed by atoms with Crippen molar-refractivity contribution < 1.29 is 8.83 Å². The lowest BCUT2D eigenvalue weighted by Gasteiger charge is -2.11. The Hall–Kier alpha value is -7.96. The van der Waals surface area contributed by atoms with Gasteiger partial charge in [-0.15, -0.1) is 0 Å². The highest BCUT2D eigenvalue weighted by molar-refractivity contribution is 6.29. The maximum absolute atomic E-state index is 6.77. The first-order valence-corrected chi connectivity index (χ1v) is 19.3. The van der Waals surface area contributed by atoms with Crippen molar-refractivity contribution in [3.05, 3.63) is 182 Å². The van der Waals surface area contributed by atoms with Gasteiger partial charge in [0.05, 0.1) is 11.2 Å². The molecule has 0 aliphatic carbocycles. The van der Waals surface area contributed by atoms with Gasteiger partial charge in [-0.05, 0) is 42.0 Å². The summed E-state index contributed by atoms with van der Waals surface area (Å²) < 4.78 is 13.0. The SMILES string of the molecule is c1ccc(-c2nc(-c3ccc(-c4cccc5c4oc4ccc6c(-c7ccccc7)nc7ccccc7c6c45)cc3)nc(-c3ccc4c(c3)oc3ccccc34)n2)cc1. The molecule has 6 nitrogen and oxygen atoms in total. The molecule has 270 valence electrons. The Kier molecular flexibility index (Phi) is 7.13. The average Bonchev–Trinajstić information content (AvgIpc) is 3.87. The highest BCUT2D eigenvalue weighted by Crippen LogP contribution is 2.43. The fourth-order valence-corrected chi connectivity index (χ4v) is 8.39. The third-order valence-corrected chi connectivity index (χ3v) is 11.1. The number of aromatic nitrogens is 4. The Bertz CT molecular complexity index is 3560. The molecule has 0 saturated carbocycles.